The molecule has 2 N–H and O–H groups in total. The third kappa shape index (κ3) is 4.13. The largest absolute Gasteiger partial charge is 0.411 e. The first-order valence-electron chi connectivity index (χ1n) is 5.20. The highest BCUT2D eigenvalue weighted by molar-refractivity contribution is 6.31. The lowest BCUT2D eigenvalue weighted by Crippen LogP contribution is -2.13. The molecule has 0 fully saturated rings. The van der Waals surface area contributed by atoms with Crippen molar-refractivity contribution in [1.29, 1.82) is 0 Å². The molecule has 1 amide bonds. The summed E-state index contributed by atoms with van der Waals surface area (Å²) in [5, 5.41) is 13.4. The molecule has 0 bridgehead atoms. The van der Waals surface area contributed by atoms with E-state index in [1.165, 1.54) is 0 Å². The highest BCUT2D eigenvalue weighted by atomic mass is 16.4. The Balaban J connectivity index is 0.00000106. The summed E-state index contributed by atoms with van der Waals surface area (Å²) in [5.41, 5.74) is 2.84. The molecule has 0 aromatic heterocycles. The van der Waals surface area contributed by atoms with Crippen molar-refractivity contribution in [2.45, 2.75) is 27.7 Å². The summed E-state index contributed by atoms with van der Waals surface area (Å²) in [4.78, 5) is 11.1. The first-order chi connectivity index (χ1) is 7.65. The molecule has 0 unspecified atom stereocenters. The zero-order valence-corrected chi connectivity index (χ0v) is 10.1. The molecule has 0 saturated carbocycles. The van der Waals surface area contributed by atoms with Gasteiger partial charge >= 0.3 is 0 Å². The van der Waals surface area contributed by atoms with Gasteiger partial charge in [-0.2, -0.15) is 0 Å². The number of benzene rings is 1. The predicted molar refractivity (Wildman–Crippen MR) is 66.2 cm³/mol. The van der Waals surface area contributed by atoms with E-state index in [0.29, 0.717) is 0 Å². The van der Waals surface area contributed by atoms with Gasteiger partial charge < -0.3 is 10.5 Å². The molecule has 0 saturated heterocycles. The standard InChI is InChI=1S/C10H12N2O2.C2H6/c1-7-4-3-5-9(8(7)2)12-10(13)6-11-14;1-2/h3-6,14H,1-2H3,(H,12,13);1-2H3/b11-6+;. The van der Waals surface area contributed by atoms with E-state index < -0.39 is 5.91 Å². The monoisotopic (exact) mass is 222 g/mol. The van der Waals surface area contributed by atoms with Crippen LogP contribution < -0.4 is 5.32 Å². The fourth-order valence-electron chi connectivity index (χ4n) is 1.10. The summed E-state index contributed by atoms with van der Waals surface area (Å²) >= 11 is 0. The second-order valence-corrected chi connectivity index (χ2v) is 2.98. The van der Waals surface area contributed by atoms with E-state index in [1.807, 2.05) is 39.8 Å². The minimum Gasteiger partial charge on any atom is -0.411 e. The van der Waals surface area contributed by atoms with Gasteiger partial charge in [0.25, 0.3) is 5.91 Å². The Morgan fingerprint density at radius 2 is 2.00 bits per heavy atom. The van der Waals surface area contributed by atoms with Crippen molar-refractivity contribution in [1.82, 2.24) is 0 Å². The van der Waals surface area contributed by atoms with Crippen molar-refractivity contribution in [3.8, 4) is 0 Å². The Morgan fingerprint density at radius 1 is 1.38 bits per heavy atom. The number of carbonyl (C=O) groups excluding carboxylic acids is 1. The molecular weight excluding hydrogens is 204 g/mol. The van der Waals surface area contributed by atoms with Gasteiger partial charge in [-0.25, -0.2) is 0 Å². The summed E-state index contributed by atoms with van der Waals surface area (Å²) < 4.78 is 0. The molecule has 0 heterocycles. The summed E-state index contributed by atoms with van der Waals surface area (Å²) in [6, 6.07) is 5.62. The van der Waals surface area contributed by atoms with Crippen LogP contribution in [0.15, 0.2) is 23.4 Å². The van der Waals surface area contributed by atoms with E-state index in [2.05, 4.69) is 10.5 Å². The van der Waals surface area contributed by atoms with Gasteiger partial charge in [0.1, 0.15) is 6.21 Å². The first kappa shape index (κ1) is 14.2. The molecule has 0 aliphatic carbocycles. The molecule has 4 nitrogen and oxygen atoms in total. The zero-order valence-electron chi connectivity index (χ0n) is 10.1. The van der Waals surface area contributed by atoms with E-state index in [0.717, 1.165) is 23.0 Å². The van der Waals surface area contributed by atoms with Gasteiger partial charge in [-0.15, -0.1) is 0 Å². The van der Waals surface area contributed by atoms with Gasteiger partial charge in [0, 0.05) is 5.69 Å². The normalized spacial score (nSPS) is 9.50. The second kappa shape index (κ2) is 7.45. The van der Waals surface area contributed by atoms with Gasteiger partial charge in [0.2, 0.25) is 0 Å². The fraction of sp³-hybridized carbons (Fsp3) is 0.333. The van der Waals surface area contributed by atoms with E-state index in [1.54, 1.807) is 6.07 Å². The number of hydrogen-bond donors (Lipinski definition) is 2. The van der Waals surface area contributed by atoms with Crippen molar-refractivity contribution in [2.75, 3.05) is 5.32 Å². The Labute approximate surface area is 96.0 Å². The number of anilines is 1. The van der Waals surface area contributed by atoms with Crippen molar-refractivity contribution in [3.63, 3.8) is 0 Å². The molecule has 88 valence electrons. The Hall–Kier alpha value is -1.84. The minimum atomic E-state index is -0.443. The van der Waals surface area contributed by atoms with Crippen LogP contribution in [0.3, 0.4) is 0 Å². The number of hydrogen-bond acceptors (Lipinski definition) is 3. The average molecular weight is 222 g/mol. The molecule has 0 aliphatic heterocycles. The molecule has 1 aromatic rings. The Bertz CT molecular complexity index is 373. The second-order valence-electron chi connectivity index (χ2n) is 2.98. The molecule has 0 radical (unpaired) electrons. The third-order valence-corrected chi connectivity index (χ3v) is 2.04. The van der Waals surface area contributed by atoms with Crippen molar-refractivity contribution in [3.05, 3.63) is 29.3 Å². The van der Waals surface area contributed by atoms with Gasteiger partial charge in [-0.3, -0.25) is 4.79 Å². The van der Waals surface area contributed by atoms with Crippen LogP contribution >= 0.6 is 0 Å². The van der Waals surface area contributed by atoms with Crippen LogP contribution in [0, 0.1) is 13.8 Å². The minimum absolute atomic E-state index is 0.443. The molecule has 1 aromatic carbocycles. The van der Waals surface area contributed by atoms with E-state index in [-0.39, 0.29) is 0 Å². The highest BCUT2D eigenvalue weighted by Crippen LogP contribution is 2.17. The van der Waals surface area contributed by atoms with E-state index in [4.69, 9.17) is 5.21 Å². The summed E-state index contributed by atoms with van der Waals surface area (Å²) in [6.07, 6.45) is 0.821. The zero-order chi connectivity index (χ0) is 12.6. The number of oxime groups is 1. The maximum Gasteiger partial charge on any atom is 0.270 e. The molecule has 4 heteroatoms. The lowest BCUT2D eigenvalue weighted by molar-refractivity contribution is -0.110. The number of rotatable bonds is 2. The molecule has 16 heavy (non-hydrogen) atoms. The van der Waals surface area contributed by atoms with Crippen LogP contribution in [0.1, 0.15) is 25.0 Å². The predicted octanol–water partition coefficient (Wildman–Crippen LogP) is 2.73. The maximum atomic E-state index is 11.1. The third-order valence-electron chi connectivity index (χ3n) is 2.04. The van der Waals surface area contributed by atoms with Crippen LogP contribution in [-0.4, -0.2) is 17.3 Å². The Kier molecular flexibility index (Phi) is 6.59. The summed E-state index contributed by atoms with van der Waals surface area (Å²) in [6.45, 7) is 7.88. The summed E-state index contributed by atoms with van der Waals surface area (Å²) in [5.74, 6) is -0.443. The summed E-state index contributed by atoms with van der Waals surface area (Å²) in [7, 11) is 0. The molecule has 0 atom stereocenters. The number of carbonyl (C=O) groups is 1. The number of nitrogens with zero attached hydrogens (tertiary/aromatic N) is 1. The molecular formula is C12H18N2O2. The van der Waals surface area contributed by atoms with Gasteiger partial charge in [0.05, 0.1) is 0 Å². The maximum absolute atomic E-state index is 11.1. The SMILES string of the molecule is CC.Cc1cccc(NC(=O)/C=N/O)c1C. The van der Waals surface area contributed by atoms with Crippen LogP contribution in [-0.2, 0) is 4.79 Å². The van der Waals surface area contributed by atoms with Crippen LogP contribution in [0.5, 0.6) is 0 Å². The molecule has 0 spiro atoms. The van der Waals surface area contributed by atoms with Crippen LogP contribution in [0.4, 0.5) is 5.69 Å². The van der Waals surface area contributed by atoms with Crippen LogP contribution in [0.2, 0.25) is 0 Å². The van der Waals surface area contributed by atoms with Gasteiger partial charge in [-0.05, 0) is 31.0 Å². The van der Waals surface area contributed by atoms with Crippen molar-refractivity contribution in [2.24, 2.45) is 5.16 Å². The Morgan fingerprint density at radius 3 is 2.56 bits per heavy atom. The molecule has 0 aliphatic rings. The highest BCUT2D eigenvalue weighted by Gasteiger charge is 2.03. The smallest absolute Gasteiger partial charge is 0.270 e. The van der Waals surface area contributed by atoms with Crippen molar-refractivity contribution >= 4 is 17.8 Å². The van der Waals surface area contributed by atoms with Crippen molar-refractivity contribution < 1.29 is 10.0 Å². The lowest BCUT2D eigenvalue weighted by atomic mass is 10.1. The number of nitrogens with one attached hydrogen (secondary N) is 1. The fourth-order valence-corrected chi connectivity index (χ4v) is 1.10. The van der Waals surface area contributed by atoms with Gasteiger partial charge in [0.15, 0.2) is 0 Å². The average Bonchev–Trinajstić information content (AvgIpc) is 2.28. The van der Waals surface area contributed by atoms with Crippen LogP contribution in [0.25, 0.3) is 0 Å². The van der Waals surface area contributed by atoms with E-state index >= 15 is 0 Å². The lowest BCUT2D eigenvalue weighted by Gasteiger charge is -2.07. The van der Waals surface area contributed by atoms with E-state index in [9.17, 15) is 4.79 Å². The quantitative estimate of drug-likeness (QED) is 0.459. The van der Waals surface area contributed by atoms with Gasteiger partial charge in [-0.1, -0.05) is 31.1 Å². The number of aryl methyl sites for hydroxylation is 1. The first-order valence-corrected chi connectivity index (χ1v) is 5.20. The topological polar surface area (TPSA) is 61.7 Å². The molecule has 1 rings (SSSR count). The number of amides is 1.